The lowest BCUT2D eigenvalue weighted by Gasteiger charge is -2.17. The Hall–Kier alpha value is -2.25. The Morgan fingerprint density at radius 1 is 0.739 bits per heavy atom. The molecule has 0 aromatic heterocycles. The summed E-state index contributed by atoms with van der Waals surface area (Å²) in [5.74, 6) is -5.97. The van der Waals surface area contributed by atoms with Gasteiger partial charge < -0.3 is 20.4 Å². The summed E-state index contributed by atoms with van der Waals surface area (Å²) in [5, 5.41) is 34.6. The maximum atomic E-state index is 11.7. The molecule has 12 nitrogen and oxygen atoms in total. The van der Waals surface area contributed by atoms with Crippen molar-refractivity contribution >= 4 is 34.1 Å². The molecule has 0 fully saturated rings. The summed E-state index contributed by atoms with van der Waals surface area (Å²) in [6.07, 6.45) is -2.36. The molecule has 0 saturated carbocycles. The number of carboxylic acids is 4. The van der Waals surface area contributed by atoms with Crippen LogP contribution in [0.5, 0.6) is 0 Å². The lowest BCUT2D eigenvalue weighted by Crippen LogP contribution is -2.51. The molecule has 0 aromatic rings. The number of carboxylic acid groups (broad SMARTS) is 4. The monoisotopic (exact) mass is 356 g/mol. The summed E-state index contributed by atoms with van der Waals surface area (Å²) in [7, 11) is -4.61. The van der Waals surface area contributed by atoms with Crippen LogP contribution < -0.4 is 9.44 Å². The molecule has 0 spiro atoms. The molecule has 0 unspecified atom stereocenters. The Morgan fingerprint density at radius 2 is 1.04 bits per heavy atom. The number of aliphatic carboxylic acids is 4. The molecule has 0 aliphatic heterocycles. The Kier molecular flexibility index (Phi) is 8.13. The molecule has 23 heavy (non-hydrogen) atoms. The number of hydrogen-bond acceptors (Lipinski definition) is 6. The van der Waals surface area contributed by atoms with Crippen LogP contribution in [0, 0.1) is 0 Å². The van der Waals surface area contributed by atoms with Gasteiger partial charge >= 0.3 is 23.9 Å². The minimum Gasteiger partial charge on any atom is -0.481 e. The average Bonchev–Trinajstić information content (AvgIpc) is 2.38. The lowest BCUT2D eigenvalue weighted by atomic mass is 10.2. The van der Waals surface area contributed by atoms with Crippen molar-refractivity contribution in [3.8, 4) is 0 Å². The molecular formula is C10H16N2O10S. The molecule has 0 aromatic carbocycles. The Labute approximate surface area is 130 Å². The second-order valence-corrected chi connectivity index (χ2v) is 5.86. The normalized spacial score (nSPS) is 13.9. The molecule has 0 saturated heterocycles. The SMILES string of the molecule is O=C(O)CC[C@H](NS(=O)(=O)N[C@@H](CCC(=O)O)C(=O)O)C(=O)O. The van der Waals surface area contributed by atoms with Crippen molar-refractivity contribution in [3.05, 3.63) is 0 Å². The molecule has 0 radical (unpaired) electrons. The van der Waals surface area contributed by atoms with Gasteiger partial charge in [-0.2, -0.15) is 17.9 Å². The van der Waals surface area contributed by atoms with E-state index in [9.17, 15) is 27.6 Å². The van der Waals surface area contributed by atoms with E-state index >= 15 is 0 Å². The third-order valence-electron chi connectivity index (χ3n) is 2.48. The average molecular weight is 356 g/mol. The molecule has 0 amide bonds. The van der Waals surface area contributed by atoms with Gasteiger partial charge in [-0.15, -0.1) is 0 Å². The topological polar surface area (TPSA) is 207 Å². The zero-order valence-corrected chi connectivity index (χ0v) is 12.4. The van der Waals surface area contributed by atoms with Gasteiger partial charge in [-0.05, 0) is 12.8 Å². The maximum absolute atomic E-state index is 11.7. The van der Waals surface area contributed by atoms with E-state index in [-0.39, 0.29) is 0 Å². The molecule has 132 valence electrons. The molecule has 0 aliphatic carbocycles. The van der Waals surface area contributed by atoms with Gasteiger partial charge in [0.1, 0.15) is 12.1 Å². The summed E-state index contributed by atoms with van der Waals surface area (Å²) in [6, 6.07) is -3.56. The van der Waals surface area contributed by atoms with Crippen LogP contribution in [-0.4, -0.2) is 64.8 Å². The highest BCUT2D eigenvalue weighted by Crippen LogP contribution is 2.03. The number of rotatable bonds is 12. The van der Waals surface area contributed by atoms with Gasteiger partial charge in [0.25, 0.3) is 10.2 Å². The first kappa shape index (κ1) is 20.8. The van der Waals surface area contributed by atoms with Crippen molar-refractivity contribution in [2.75, 3.05) is 0 Å². The summed E-state index contributed by atoms with van der Waals surface area (Å²) in [6.45, 7) is 0. The standard InChI is InChI=1S/C10H16N2O10S/c13-7(14)3-1-5(9(17)18)11-23(21,22)12-6(10(19)20)2-4-8(15)16/h5-6,11-12H,1-4H2,(H,13,14)(H,15,16)(H,17,18)(H,19,20)/t5-,6-/m0/s1. The van der Waals surface area contributed by atoms with Crippen LogP contribution >= 0.6 is 0 Å². The number of hydrogen-bond donors (Lipinski definition) is 6. The zero-order valence-electron chi connectivity index (χ0n) is 11.6. The van der Waals surface area contributed by atoms with E-state index in [1.165, 1.54) is 0 Å². The Bertz CT molecular complexity index is 528. The fraction of sp³-hybridized carbons (Fsp3) is 0.600. The highest BCUT2D eigenvalue weighted by atomic mass is 32.2. The highest BCUT2D eigenvalue weighted by molar-refractivity contribution is 7.87. The Balaban J connectivity index is 4.91. The third kappa shape index (κ3) is 9.38. The van der Waals surface area contributed by atoms with Gasteiger partial charge in [-0.25, -0.2) is 0 Å². The predicted molar refractivity (Wildman–Crippen MR) is 71.8 cm³/mol. The minimum atomic E-state index is -4.61. The van der Waals surface area contributed by atoms with E-state index in [1.807, 2.05) is 0 Å². The van der Waals surface area contributed by atoms with E-state index in [2.05, 4.69) is 0 Å². The van der Waals surface area contributed by atoms with E-state index in [0.717, 1.165) is 0 Å². The first-order valence-electron chi connectivity index (χ1n) is 6.13. The lowest BCUT2D eigenvalue weighted by molar-refractivity contribution is -0.141. The minimum absolute atomic E-state index is 0.557. The molecule has 0 bridgehead atoms. The van der Waals surface area contributed by atoms with Crippen molar-refractivity contribution in [2.45, 2.75) is 37.8 Å². The van der Waals surface area contributed by atoms with Crippen molar-refractivity contribution in [2.24, 2.45) is 0 Å². The second-order valence-electron chi connectivity index (χ2n) is 4.39. The molecule has 0 rings (SSSR count). The van der Waals surface area contributed by atoms with E-state index in [4.69, 9.17) is 20.4 Å². The first-order valence-corrected chi connectivity index (χ1v) is 7.61. The van der Waals surface area contributed by atoms with Crippen LogP contribution in [0.1, 0.15) is 25.7 Å². The first-order chi connectivity index (χ1) is 10.4. The number of carbonyl (C=O) groups is 4. The molecule has 13 heteroatoms. The van der Waals surface area contributed by atoms with Crippen molar-refractivity contribution in [1.29, 1.82) is 0 Å². The van der Waals surface area contributed by atoms with Crippen LogP contribution in [0.3, 0.4) is 0 Å². The molecule has 0 aliphatic rings. The molecule has 0 heterocycles. The largest absolute Gasteiger partial charge is 0.481 e. The third-order valence-corrected chi connectivity index (χ3v) is 3.67. The van der Waals surface area contributed by atoms with Crippen molar-refractivity contribution < 1.29 is 48.0 Å². The van der Waals surface area contributed by atoms with Crippen LogP contribution in [-0.2, 0) is 29.4 Å². The molecule has 6 N–H and O–H groups in total. The van der Waals surface area contributed by atoms with Crippen molar-refractivity contribution in [3.63, 3.8) is 0 Å². The van der Waals surface area contributed by atoms with Crippen LogP contribution in [0.4, 0.5) is 0 Å². The summed E-state index contributed by atoms with van der Waals surface area (Å²) in [5.41, 5.74) is 0. The van der Waals surface area contributed by atoms with E-state index in [0.29, 0.717) is 0 Å². The highest BCUT2D eigenvalue weighted by Gasteiger charge is 2.29. The smallest absolute Gasteiger partial charge is 0.321 e. The van der Waals surface area contributed by atoms with Gasteiger partial charge in [0.05, 0.1) is 0 Å². The number of nitrogens with one attached hydrogen (secondary N) is 2. The maximum Gasteiger partial charge on any atom is 0.321 e. The van der Waals surface area contributed by atoms with E-state index in [1.54, 1.807) is 9.44 Å². The summed E-state index contributed by atoms with van der Waals surface area (Å²) in [4.78, 5) is 42.5. The van der Waals surface area contributed by atoms with Crippen LogP contribution in [0.25, 0.3) is 0 Å². The summed E-state index contributed by atoms with van der Waals surface area (Å²) >= 11 is 0. The fourth-order valence-corrected chi connectivity index (χ4v) is 2.66. The quantitative estimate of drug-likeness (QED) is 0.227. The van der Waals surface area contributed by atoms with E-state index < -0.39 is 71.9 Å². The molecular weight excluding hydrogens is 340 g/mol. The fourth-order valence-electron chi connectivity index (χ4n) is 1.41. The predicted octanol–water partition coefficient (Wildman–Crippen LogP) is -1.95. The van der Waals surface area contributed by atoms with Crippen LogP contribution in [0.2, 0.25) is 0 Å². The van der Waals surface area contributed by atoms with Gasteiger partial charge in [-0.1, -0.05) is 0 Å². The van der Waals surface area contributed by atoms with Crippen molar-refractivity contribution in [1.82, 2.24) is 9.44 Å². The second kappa shape index (κ2) is 9.02. The Morgan fingerprint density at radius 3 is 1.26 bits per heavy atom. The van der Waals surface area contributed by atoms with Gasteiger partial charge in [0, 0.05) is 12.8 Å². The zero-order chi connectivity index (χ0) is 18.2. The van der Waals surface area contributed by atoms with Gasteiger partial charge in [-0.3, -0.25) is 19.2 Å². The van der Waals surface area contributed by atoms with Gasteiger partial charge in [0.2, 0.25) is 0 Å². The summed E-state index contributed by atoms with van der Waals surface area (Å²) < 4.78 is 26.6. The van der Waals surface area contributed by atoms with Crippen LogP contribution in [0.15, 0.2) is 0 Å². The molecule has 2 atom stereocenters. The van der Waals surface area contributed by atoms with Gasteiger partial charge in [0.15, 0.2) is 0 Å².